The van der Waals surface area contributed by atoms with Gasteiger partial charge in [-0.2, -0.15) is 5.26 Å². The van der Waals surface area contributed by atoms with Gasteiger partial charge in [-0.1, -0.05) is 25.5 Å². The van der Waals surface area contributed by atoms with Crippen LogP contribution in [0, 0.1) is 11.3 Å². The van der Waals surface area contributed by atoms with Crippen LogP contribution in [0.5, 0.6) is 0 Å². The third kappa shape index (κ3) is 5.96. The minimum atomic E-state index is -3.53. The van der Waals surface area contributed by atoms with E-state index in [9.17, 15) is 13.2 Å². The minimum Gasteiger partial charge on any atom is -0.345 e. The molecule has 0 bridgehead atoms. The molecule has 5 nitrogen and oxygen atoms in total. The molecule has 0 aromatic heterocycles. The Morgan fingerprint density at radius 2 is 2.10 bits per heavy atom. The third-order valence-corrected chi connectivity index (χ3v) is 4.52. The van der Waals surface area contributed by atoms with Crippen LogP contribution in [0.15, 0.2) is 24.3 Å². The fourth-order valence-corrected chi connectivity index (χ4v) is 3.24. The van der Waals surface area contributed by atoms with E-state index in [-0.39, 0.29) is 11.7 Å². The second-order valence-corrected chi connectivity index (χ2v) is 7.08. The normalized spacial score (nSPS) is 10.9. The molecule has 0 radical (unpaired) electrons. The summed E-state index contributed by atoms with van der Waals surface area (Å²) in [6.45, 7) is 2.58. The molecule has 114 valence electrons. The molecule has 0 saturated carbocycles. The van der Waals surface area contributed by atoms with Crippen molar-refractivity contribution in [2.75, 3.05) is 19.3 Å². The molecule has 6 heteroatoms. The summed E-state index contributed by atoms with van der Waals surface area (Å²) in [6, 6.07) is 8.39. The molecule has 0 aliphatic rings. The number of amides is 1. The van der Waals surface area contributed by atoms with Crippen LogP contribution < -0.4 is 0 Å². The van der Waals surface area contributed by atoms with Crippen molar-refractivity contribution in [1.29, 1.82) is 5.26 Å². The van der Waals surface area contributed by atoms with Crippen molar-refractivity contribution in [2.24, 2.45) is 0 Å². The lowest BCUT2D eigenvalue weighted by molar-refractivity contribution is -0.127. The largest absolute Gasteiger partial charge is 0.345 e. The highest BCUT2D eigenvalue weighted by atomic mass is 32.2. The van der Waals surface area contributed by atoms with Crippen LogP contribution in [0.1, 0.15) is 30.9 Å². The summed E-state index contributed by atoms with van der Waals surface area (Å²) in [7, 11) is -1.91. The first-order valence-electron chi connectivity index (χ1n) is 6.81. The predicted molar refractivity (Wildman–Crippen MR) is 81.2 cm³/mol. The van der Waals surface area contributed by atoms with E-state index in [0.717, 1.165) is 12.8 Å². The fraction of sp³-hybridized carbons (Fsp3) is 0.467. The van der Waals surface area contributed by atoms with Crippen LogP contribution in [0.4, 0.5) is 0 Å². The molecule has 0 spiro atoms. The zero-order chi connectivity index (χ0) is 15.9. The SMILES string of the molecule is CCCCN(C)C(=O)CS(=O)(=O)Cc1cccc(C#N)c1. The van der Waals surface area contributed by atoms with E-state index in [1.807, 2.05) is 13.0 Å². The first-order chi connectivity index (χ1) is 9.88. The van der Waals surface area contributed by atoms with Crippen molar-refractivity contribution >= 4 is 15.7 Å². The topological polar surface area (TPSA) is 78.2 Å². The molecule has 0 aliphatic heterocycles. The summed E-state index contributed by atoms with van der Waals surface area (Å²) >= 11 is 0. The maximum atomic E-state index is 12.1. The Bertz CT molecular complexity index is 633. The Kier molecular flexibility index (Phi) is 6.38. The van der Waals surface area contributed by atoms with Crippen molar-refractivity contribution in [2.45, 2.75) is 25.5 Å². The van der Waals surface area contributed by atoms with Gasteiger partial charge in [0.05, 0.1) is 17.4 Å². The maximum Gasteiger partial charge on any atom is 0.237 e. The number of carbonyl (C=O) groups excluding carboxylic acids is 1. The van der Waals surface area contributed by atoms with E-state index in [1.165, 1.54) is 11.0 Å². The van der Waals surface area contributed by atoms with Gasteiger partial charge in [-0.05, 0) is 24.1 Å². The molecule has 1 rings (SSSR count). The second-order valence-electron chi connectivity index (χ2n) is 5.01. The molecule has 1 aromatic carbocycles. The number of rotatable bonds is 7. The van der Waals surface area contributed by atoms with Crippen LogP contribution >= 0.6 is 0 Å². The first kappa shape index (κ1) is 17.2. The molecule has 21 heavy (non-hydrogen) atoms. The fourth-order valence-electron chi connectivity index (χ4n) is 1.85. The number of hydrogen-bond acceptors (Lipinski definition) is 4. The molecule has 0 saturated heterocycles. The van der Waals surface area contributed by atoms with Gasteiger partial charge in [0.2, 0.25) is 5.91 Å². The highest BCUT2D eigenvalue weighted by Crippen LogP contribution is 2.10. The van der Waals surface area contributed by atoms with Gasteiger partial charge in [0, 0.05) is 13.6 Å². The minimum absolute atomic E-state index is 0.226. The lowest BCUT2D eigenvalue weighted by atomic mass is 10.2. The van der Waals surface area contributed by atoms with Crippen LogP contribution in [0.25, 0.3) is 0 Å². The number of carbonyl (C=O) groups is 1. The lowest BCUT2D eigenvalue weighted by Crippen LogP contribution is -2.33. The van der Waals surface area contributed by atoms with E-state index >= 15 is 0 Å². The van der Waals surface area contributed by atoms with Gasteiger partial charge in [-0.25, -0.2) is 8.42 Å². The summed E-state index contributed by atoms with van der Waals surface area (Å²) in [6.07, 6.45) is 1.80. The first-order valence-corrected chi connectivity index (χ1v) is 8.63. The number of nitrogens with zero attached hydrogens (tertiary/aromatic N) is 2. The highest BCUT2D eigenvalue weighted by molar-refractivity contribution is 7.91. The van der Waals surface area contributed by atoms with E-state index < -0.39 is 15.6 Å². The molecular weight excluding hydrogens is 288 g/mol. The Morgan fingerprint density at radius 1 is 1.38 bits per heavy atom. The Morgan fingerprint density at radius 3 is 2.71 bits per heavy atom. The van der Waals surface area contributed by atoms with Crippen molar-refractivity contribution in [3.63, 3.8) is 0 Å². The second kappa shape index (κ2) is 7.79. The molecule has 0 heterocycles. The van der Waals surface area contributed by atoms with Gasteiger partial charge in [0.15, 0.2) is 9.84 Å². The van der Waals surface area contributed by atoms with Gasteiger partial charge in [-0.15, -0.1) is 0 Å². The molecular formula is C15H20N2O3S. The third-order valence-electron chi connectivity index (χ3n) is 3.06. The van der Waals surface area contributed by atoms with E-state index in [4.69, 9.17) is 5.26 Å². The number of nitriles is 1. The number of hydrogen-bond donors (Lipinski definition) is 0. The van der Waals surface area contributed by atoms with Crippen LogP contribution in [-0.4, -0.2) is 38.6 Å². The van der Waals surface area contributed by atoms with Crippen molar-refractivity contribution in [3.05, 3.63) is 35.4 Å². The van der Waals surface area contributed by atoms with Gasteiger partial charge in [-0.3, -0.25) is 4.79 Å². The van der Waals surface area contributed by atoms with Crippen LogP contribution in [0.3, 0.4) is 0 Å². The predicted octanol–water partition coefficient (Wildman–Crippen LogP) is 1.73. The van der Waals surface area contributed by atoms with Crippen LogP contribution in [-0.2, 0) is 20.4 Å². The molecule has 0 atom stereocenters. The molecule has 1 amide bonds. The quantitative estimate of drug-likeness (QED) is 0.768. The highest BCUT2D eigenvalue weighted by Gasteiger charge is 2.20. The van der Waals surface area contributed by atoms with Crippen LogP contribution in [0.2, 0.25) is 0 Å². The summed E-state index contributed by atoms with van der Waals surface area (Å²) < 4.78 is 24.1. The summed E-state index contributed by atoms with van der Waals surface area (Å²) in [5, 5.41) is 8.80. The maximum absolute atomic E-state index is 12.1. The number of unbranched alkanes of at least 4 members (excludes halogenated alkanes) is 1. The van der Waals surface area contributed by atoms with Crippen molar-refractivity contribution in [1.82, 2.24) is 4.90 Å². The van der Waals surface area contributed by atoms with Gasteiger partial charge < -0.3 is 4.90 Å². The molecule has 0 N–H and O–H groups in total. The van der Waals surface area contributed by atoms with Gasteiger partial charge in [0.1, 0.15) is 5.75 Å². The summed E-state index contributed by atoms with van der Waals surface area (Å²) in [5.41, 5.74) is 0.937. The van der Waals surface area contributed by atoms with Gasteiger partial charge in [0.25, 0.3) is 0 Å². The zero-order valence-corrected chi connectivity index (χ0v) is 13.2. The van der Waals surface area contributed by atoms with E-state index in [2.05, 4.69) is 0 Å². The number of benzene rings is 1. The lowest BCUT2D eigenvalue weighted by Gasteiger charge is -2.16. The van der Waals surface area contributed by atoms with Crippen molar-refractivity contribution < 1.29 is 13.2 Å². The van der Waals surface area contributed by atoms with Crippen molar-refractivity contribution in [3.8, 4) is 6.07 Å². The average Bonchev–Trinajstić information content (AvgIpc) is 2.43. The Balaban J connectivity index is 2.69. The molecule has 1 aromatic rings. The Hall–Kier alpha value is -1.87. The standard InChI is InChI=1S/C15H20N2O3S/c1-3-4-8-17(2)15(18)12-21(19,20)11-14-7-5-6-13(9-14)10-16/h5-7,9H,3-4,8,11-12H2,1-2H3. The van der Waals surface area contributed by atoms with Gasteiger partial charge >= 0.3 is 0 Å². The molecule has 0 fully saturated rings. The average molecular weight is 308 g/mol. The summed E-state index contributed by atoms with van der Waals surface area (Å²) in [5.74, 6) is -1.11. The summed E-state index contributed by atoms with van der Waals surface area (Å²) in [4.78, 5) is 13.3. The number of sulfone groups is 1. The van der Waals surface area contributed by atoms with E-state index in [1.54, 1.807) is 25.2 Å². The monoisotopic (exact) mass is 308 g/mol. The van der Waals surface area contributed by atoms with E-state index in [0.29, 0.717) is 17.7 Å². The Labute approximate surface area is 126 Å². The molecule has 0 aliphatic carbocycles. The molecule has 0 unspecified atom stereocenters. The smallest absolute Gasteiger partial charge is 0.237 e. The zero-order valence-electron chi connectivity index (χ0n) is 12.4.